The maximum absolute atomic E-state index is 12.5. The van der Waals surface area contributed by atoms with Crippen LogP contribution in [-0.2, 0) is 10.0 Å². The van der Waals surface area contributed by atoms with Crippen LogP contribution in [0.3, 0.4) is 0 Å². The molecule has 9 heteroatoms. The number of rotatable bonds is 5. The Bertz CT molecular complexity index is 1080. The summed E-state index contributed by atoms with van der Waals surface area (Å²) in [6, 6.07) is 13.6. The average Bonchev–Trinajstić information content (AvgIpc) is 3.10. The third-order valence-corrected chi connectivity index (χ3v) is 6.84. The van der Waals surface area contributed by atoms with Crippen LogP contribution in [0.25, 0.3) is 11.3 Å². The highest BCUT2D eigenvalue weighted by atomic mass is 79.9. The van der Waals surface area contributed by atoms with Gasteiger partial charge in [0.25, 0.3) is 5.91 Å². The van der Waals surface area contributed by atoms with E-state index in [1.807, 2.05) is 29.6 Å². The van der Waals surface area contributed by atoms with E-state index < -0.39 is 15.9 Å². The van der Waals surface area contributed by atoms with E-state index in [-0.39, 0.29) is 10.5 Å². The Kier molecular flexibility index (Phi) is 5.75. The van der Waals surface area contributed by atoms with Gasteiger partial charge in [-0.3, -0.25) is 10.1 Å². The van der Waals surface area contributed by atoms with Crippen LogP contribution in [0.1, 0.15) is 10.4 Å². The Balaban J connectivity index is 1.79. The zero-order chi connectivity index (χ0) is 19.6. The minimum Gasteiger partial charge on any atom is -0.298 e. The molecule has 0 aliphatic carbocycles. The predicted octanol–water partition coefficient (Wildman–Crippen LogP) is 4.08. The van der Waals surface area contributed by atoms with Crippen molar-refractivity contribution in [3.05, 3.63) is 63.9 Å². The molecule has 0 atom stereocenters. The summed E-state index contributed by atoms with van der Waals surface area (Å²) in [7, 11) is -0.713. The fraction of sp³-hybridized carbons (Fsp3) is 0.111. The molecule has 1 aromatic heterocycles. The van der Waals surface area contributed by atoms with Crippen molar-refractivity contribution in [2.45, 2.75) is 4.90 Å². The summed E-state index contributed by atoms with van der Waals surface area (Å²) in [5, 5.41) is 5.01. The van der Waals surface area contributed by atoms with E-state index in [9.17, 15) is 13.2 Å². The molecule has 0 bridgehead atoms. The number of nitrogens with zero attached hydrogens (tertiary/aromatic N) is 2. The molecule has 0 unspecified atom stereocenters. The zero-order valence-corrected chi connectivity index (χ0v) is 17.7. The van der Waals surface area contributed by atoms with Gasteiger partial charge in [0.2, 0.25) is 10.0 Å². The molecule has 140 valence electrons. The number of hydrogen-bond acceptors (Lipinski definition) is 5. The average molecular weight is 466 g/mol. The van der Waals surface area contributed by atoms with Crippen LogP contribution in [-0.4, -0.2) is 37.7 Å². The number of aromatic nitrogens is 1. The third kappa shape index (κ3) is 4.44. The molecule has 1 heterocycles. The van der Waals surface area contributed by atoms with E-state index >= 15 is 0 Å². The lowest BCUT2D eigenvalue weighted by Crippen LogP contribution is -2.22. The molecule has 0 saturated carbocycles. The van der Waals surface area contributed by atoms with Crippen molar-refractivity contribution in [3.8, 4) is 11.3 Å². The molecule has 0 radical (unpaired) electrons. The number of anilines is 1. The fourth-order valence-corrected chi connectivity index (χ4v) is 4.19. The molecule has 2 aromatic carbocycles. The molecule has 0 fully saturated rings. The maximum atomic E-state index is 12.5. The van der Waals surface area contributed by atoms with Crippen LogP contribution < -0.4 is 5.32 Å². The Morgan fingerprint density at radius 1 is 1.15 bits per heavy atom. The normalized spacial score (nSPS) is 11.6. The van der Waals surface area contributed by atoms with Crippen LogP contribution in [0.4, 0.5) is 5.13 Å². The van der Waals surface area contributed by atoms with Gasteiger partial charge in [-0.1, -0.05) is 34.1 Å². The number of halogens is 1. The molecule has 3 aromatic rings. The van der Waals surface area contributed by atoms with Gasteiger partial charge < -0.3 is 0 Å². The van der Waals surface area contributed by atoms with Crippen molar-refractivity contribution in [2.75, 3.05) is 19.4 Å². The minimum atomic E-state index is -3.60. The summed E-state index contributed by atoms with van der Waals surface area (Å²) < 4.78 is 26.5. The Morgan fingerprint density at radius 3 is 2.52 bits per heavy atom. The van der Waals surface area contributed by atoms with E-state index in [2.05, 4.69) is 26.2 Å². The number of amides is 1. The number of benzene rings is 2. The second-order valence-corrected chi connectivity index (χ2v) is 9.74. The van der Waals surface area contributed by atoms with Gasteiger partial charge in [-0.05, 0) is 30.3 Å². The second-order valence-electron chi connectivity index (χ2n) is 5.81. The van der Waals surface area contributed by atoms with E-state index in [0.29, 0.717) is 5.13 Å². The second kappa shape index (κ2) is 7.89. The van der Waals surface area contributed by atoms with E-state index in [0.717, 1.165) is 20.0 Å². The number of carbonyl (C=O) groups is 1. The molecule has 1 amide bonds. The third-order valence-electron chi connectivity index (χ3n) is 3.74. The van der Waals surface area contributed by atoms with Gasteiger partial charge in [-0.2, -0.15) is 0 Å². The fourth-order valence-electron chi connectivity index (χ4n) is 2.26. The van der Waals surface area contributed by atoms with Crippen molar-refractivity contribution >= 4 is 48.3 Å². The van der Waals surface area contributed by atoms with Gasteiger partial charge in [0, 0.05) is 35.1 Å². The summed E-state index contributed by atoms with van der Waals surface area (Å²) in [5.41, 5.74) is 1.94. The van der Waals surface area contributed by atoms with Gasteiger partial charge in [0.05, 0.1) is 10.6 Å². The number of nitrogens with one attached hydrogen (secondary N) is 1. The Hall–Kier alpha value is -2.07. The largest absolute Gasteiger partial charge is 0.298 e. The van der Waals surface area contributed by atoms with Gasteiger partial charge >= 0.3 is 0 Å². The highest BCUT2D eigenvalue weighted by molar-refractivity contribution is 9.10. The van der Waals surface area contributed by atoms with Crippen LogP contribution in [0, 0.1) is 0 Å². The highest BCUT2D eigenvalue weighted by Crippen LogP contribution is 2.26. The van der Waals surface area contributed by atoms with Gasteiger partial charge in [0.1, 0.15) is 0 Å². The first-order valence-electron chi connectivity index (χ1n) is 7.83. The number of hydrogen-bond donors (Lipinski definition) is 1. The molecule has 0 spiro atoms. The molecule has 27 heavy (non-hydrogen) atoms. The first-order chi connectivity index (χ1) is 12.8. The first-order valence-corrected chi connectivity index (χ1v) is 10.9. The molecule has 6 nitrogen and oxygen atoms in total. The number of thiazole rings is 1. The standard InChI is InChI=1S/C18H16BrN3O3S2/c1-22(2)27(24,25)15-5-3-4-13(10-15)17(23)21-18-20-16(11-26-18)12-6-8-14(19)9-7-12/h3-11H,1-2H3,(H,20,21,23). The molecular weight excluding hydrogens is 450 g/mol. The summed E-state index contributed by atoms with van der Waals surface area (Å²) in [5.74, 6) is -0.414. The van der Waals surface area contributed by atoms with E-state index in [1.165, 1.54) is 37.6 Å². The summed E-state index contributed by atoms with van der Waals surface area (Å²) in [6.45, 7) is 0. The minimum absolute atomic E-state index is 0.0647. The molecule has 3 rings (SSSR count). The van der Waals surface area contributed by atoms with Crippen molar-refractivity contribution in [1.29, 1.82) is 0 Å². The summed E-state index contributed by atoms with van der Waals surface area (Å²) in [4.78, 5) is 17.0. The molecule has 0 aliphatic rings. The maximum Gasteiger partial charge on any atom is 0.257 e. The Labute approximate surface area is 170 Å². The monoisotopic (exact) mass is 465 g/mol. The molecular formula is C18H16BrN3O3S2. The molecule has 1 N–H and O–H groups in total. The van der Waals surface area contributed by atoms with Crippen LogP contribution in [0.5, 0.6) is 0 Å². The zero-order valence-electron chi connectivity index (χ0n) is 14.5. The van der Waals surface area contributed by atoms with Crippen molar-refractivity contribution in [3.63, 3.8) is 0 Å². The van der Waals surface area contributed by atoms with E-state index in [4.69, 9.17) is 0 Å². The smallest absolute Gasteiger partial charge is 0.257 e. The van der Waals surface area contributed by atoms with Gasteiger partial charge in [-0.25, -0.2) is 17.7 Å². The lowest BCUT2D eigenvalue weighted by molar-refractivity contribution is 0.102. The lowest BCUT2D eigenvalue weighted by Gasteiger charge is -2.12. The quantitative estimate of drug-likeness (QED) is 0.615. The van der Waals surface area contributed by atoms with Gasteiger partial charge in [-0.15, -0.1) is 11.3 Å². The van der Waals surface area contributed by atoms with Crippen LogP contribution in [0.2, 0.25) is 0 Å². The van der Waals surface area contributed by atoms with Crippen LogP contribution >= 0.6 is 27.3 Å². The Morgan fingerprint density at radius 2 is 1.85 bits per heavy atom. The van der Waals surface area contributed by atoms with E-state index in [1.54, 1.807) is 12.1 Å². The number of sulfonamides is 1. The topological polar surface area (TPSA) is 79.4 Å². The van der Waals surface area contributed by atoms with Gasteiger partial charge in [0.15, 0.2) is 5.13 Å². The van der Waals surface area contributed by atoms with Crippen molar-refractivity contribution < 1.29 is 13.2 Å². The highest BCUT2D eigenvalue weighted by Gasteiger charge is 2.19. The first kappa shape index (κ1) is 19.7. The molecule has 0 aliphatic heterocycles. The SMILES string of the molecule is CN(C)S(=O)(=O)c1cccc(C(=O)Nc2nc(-c3ccc(Br)cc3)cs2)c1. The predicted molar refractivity (Wildman–Crippen MR) is 111 cm³/mol. The molecule has 0 saturated heterocycles. The van der Waals surface area contributed by atoms with Crippen molar-refractivity contribution in [2.24, 2.45) is 0 Å². The van der Waals surface area contributed by atoms with Crippen LogP contribution in [0.15, 0.2) is 63.3 Å². The summed E-state index contributed by atoms with van der Waals surface area (Å²) in [6.07, 6.45) is 0. The lowest BCUT2D eigenvalue weighted by atomic mass is 10.2. The number of carbonyl (C=O) groups excluding carboxylic acids is 1. The summed E-state index contributed by atoms with van der Waals surface area (Å²) >= 11 is 4.69. The van der Waals surface area contributed by atoms with Crippen molar-refractivity contribution in [1.82, 2.24) is 9.29 Å².